The Morgan fingerprint density at radius 2 is 2.00 bits per heavy atom. The van der Waals surface area contributed by atoms with Gasteiger partial charge in [0.15, 0.2) is 0 Å². The third-order valence-electron chi connectivity index (χ3n) is 4.30. The summed E-state index contributed by atoms with van der Waals surface area (Å²) in [6, 6.07) is 2.22. The van der Waals surface area contributed by atoms with Crippen LogP contribution in [0.3, 0.4) is 0 Å². The number of nitrogens with one attached hydrogen (secondary N) is 1. The number of furan rings is 1. The van der Waals surface area contributed by atoms with E-state index in [1.807, 2.05) is 0 Å². The fourth-order valence-electron chi connectivity index (χ4n) is 3.12. The molecule has 1 spiro atoms. The minimum Gasteiger partial charge on any atom is -0.467 e. The van der Waals surface area contributed by atoms with E-state index in [-0.39, 0.29) is 0 Å². The predicted molar refractivity (Wildman–Crippen MR) is 68.4 cm³/mol. The zero-order valence-electron chi connectivity index (χ0n) is 11.2. The van der Waals surface area contributed by atoms with Crippen LogP contribution in [0.4, 0.5) is 4.79 Å². The number of carbonyl (C=O) groups excluding carboxylic acids is 3. The Hall–Kier alpha value is -2.11. The van der Waals surface area contributed by atoms with Gasteiger partial charge >= 0.3 is 6.03 Å². The van der Waals surface area contributed by atoms with Crippen molar-refractivity contribution in [3.8, 4) is 0 Å². The molecule has 2 heterocycles. The van der Waals surface area contributed by atoms with Crippen LogP contribution in [0.15, 0.2) is 22.8 Å². The van der Waals surface area contributed by atoms with E-state index >= 15 is 0 Å². The minimum absolute atomic E-state index is 0.396. The van der Waals surface area contributed by atoms with Crippen molar-refractivity contribution in [2.24, 2.45) is 5.41 Å². The first-order valence-corrected chi connectivity index (χ1v) is 6.79. The monoisotopic (exact) mass is 276 g/mol. The lowest BCUT2D eigenvalue weighted by Gasteiger charge is -2.38. The zero-order chi connectivity index (χ0) is 14.3. The van der Waals surface area contributed by atoms with Gasteiger partial charge in [-0.25, -0.2) is 4.79 Å². The van der Waals surface area contributed by atoms with Crippen molar-refractivity contribution in [1.29, 1.82) is 0 Å². The van der Waals surface area contributed by atoms with E-state index in [2.05, 4.69) is 5.32 Å². The van der Waals surface area contributed by atoms with Crippen molar-refractivity contribution in [2.45, 2.75) is 38.6 Å². The minimum atomic E-state index is -1.06. The molecule has 106 valence electrons. The summed E-state index contributed by atoms with van der Waals surface area (Å²) in [5, 5.41) is 2.32. The molecular formula is C14H16N2O4. The van der Waals surface area contributed by atoms with Gasteiger partial charge in [0.1, 0.15) is 11.2 Å². The Labute approximate surface area is 116 Å². The summed E-state index contributed by atoms with van der Waals surface area (Å²) in [5.74, 6) is -0.323. The van der Waals surface area contributed by atoms with Gasteiger partial charge < -0.3 is 4.42 Å². The highest BCUT2D eigenvalue weighted by Gasteiger charge is 2.56. The average molecular weight is 276 g/mol. The van der Waals surface area contributed by atoms with Crippen LogP contribution in [0.1, 0.15) is 44.4 Å². The van der Waals surface area contributed by atoms with E-state index in [9.17, 15) is 14.4 Å². The number of carbonyl (C=O) groups is 3. The van der Waals surface area contributed by atoms with E-state index in [4.69, 9.17) is 4.42 Å². The molecule has 1 saturated heterocycles. The molecule has 0 bridgehead atoms. The van der Waals surface area contributed by atoms with E-state index < -0.39 is 29.3 Å². The molecule has 1 N–H and O–H groups in total. The molecule has 0 aromatic carbocycles. The van der Waals surface area contributed by atoms with Crippen molar-refractivity contribution >= 4 is 17.8 Å². The topological polar surface area (TPSA) is 79.6 Å². The van der Waals surface area contributed by atoms with Gasteiger partial charge in [-0.05, 0) is 31.9 Å². The van der Waals surface area contributed by atoms with Gasteiger partial charge in [0.05, 0.1) is 12.3 Å². The van der Waals surface area contributed by atoms with Gasteiger partial charge in [-0.3, -0.25) is 19.8 Å². The molecule has 1 aromatic rings. The number of urea groups is 1. The second-order valence-corrected chi connectivity index (χ2v) is 5.42. The van der Waals surface area contributed by atoms with Crippen LogP contribution in [0, 0.1) is 5.41 Å². The molecule has 1 atom stereocenters. The Morgan fingerprint density at radius 1 is 1.30 bits per heavy atom. The summed E-state index contributed by atoms with van der Waals surface area (Å²) in [6.45, 7) is 1.72. The number of imide groups is 2. The maximum atomic E-state index is 12.7. The largest absolute Gasteiger partial charge is 0.467 e. The molecule has 1 saturated carbocycles. The number of hydrogen-bond donors (Lipinski definition) is 1. The van der Waals surface area contributed by atoms with E-state index in [1.54, 1.807) is 19.1 Å². The van der Waals surface area contributed by atoms with Crippen LogP contribution in [-0.4, -0.2) is 22.7 Å². The van der Waals surface area contributed by atoms with Gasteiger partial charge in [-0.15, -0.1) is 0 Å². The van der Waals surface area contributed by atoms with Crippen LogP contribution in [0.2, 0.25) is 0 Å². The van der Waals surface area contributed by atoms with Crippen molar-refractivity contribution < 1.29 is 18.8 Å². The van der Waals surface area contributed by atoms with Crippen molar-refractivity contribution in [1.82, 2.24) is 10.2 Å². The number of amides is 4. The molecule has 1 aliphatic carbocycles. The smallest absolute Gasteiger partial charge is 0.331 e. The highest BCUT2D eigenvalue weighted by molar-refractivity contribution is 6.19. The lowest BCUT2D eigenvalue weighted by atomic mass is 9.81. The second-order valence-electron chi connectivity index (χ2n) is 5.42. The molecule has 3 rings (SSSR count). The normalized spacial score (nSPS) is 23.2. The van der Waals surface area contributed by atoms with Gasteiger partial charge in [-0.2, -0.15) is 0 Å². The highest BCUT2D eigenvalue weighted by Crippen LogP contribution is 2.43. The standard InChI is InChI=1S/C14H16N2O4/c1-9(10-5-4-8-20-10)16-12(18)14(6-2-3-7-14)11(17)15-13(16)19/h4-5,8-9H,2-3,6-7H2,1H3,(H,15,17,19). The Morgan fingerprint density at radius 3 is 2.60 bits per heavy atom. The second kappa shape index (κ2) is 4.47. The first-order chi connectivity index (χ1) is 9.56. The fraction of sp³-hybridized carbons (Fsp3) is 0.500. The Balaban J connectivity index is 1.96. The summed E-state index contributed by atoms with van der Waals surface area (Å²) in [5.41, 5.74) is -1.06. The molecular weight excluding hydrogens is 260 g/mol. The first-order valence-electron chi connectivity index (χ1n) is 6.79. The molecule has 1 aromatic heterocycles. The Bertz CT molecular complexity index is 558. The molecule has 0 radical (unpaired) electrons. The molecule has 6 heteroatoms. The number of hydrogen-bond acceptors (Lipinski definition) is 4. The third-order valence-corrected chi connectivity index (χ3v) is 4.30. The van der Waals surface area contributed by atoms with Crippen LogP contribution in [0.5, 0.6) is 0 Å². The summed E-state index contributed by atoms with van der Waals surface area (Å²) in [4.78, 5) is 37.9. The van der Waals surface area contributed by atoms with Crippen LogP contribution < -0.4 is 5.32 Å². The number of rotatable bonds is 2. The van der Waals surface area contributed by atoms with Gasteiger partial charge in [-0.1, -0.05) is 12.8 Å². The number of nitrogens with zero attached hydrogens (tertiary/aromatic N) is 1. The van der Waals surface area contributed by atoms with Gasteiger partial charge in [0.2, 0.25) is 11.8 Å². The van der Waals surface area contributed by atoms with E-state index in [1.165, 1.54) is 6.26 Å². The lowest BCUT2D eigenvalue weighted by Crippen LogP contribution is -2.63. The molecule has 4 amide bonds. The molecule has 2 aliphatic rings. The van der Waals surface area contributed by atoms with Crippen LogP contribution >= 0.6 is 0 Å². The van der Waals surface area contributed by atoms with Crippen molar-refractivity contribution in [3.63, 3.8) is 0 Å². The van der Waals surface area contributed by atoms with Crippen molar-refractivity contribution in [3.05, 3.63) is 24.2 Å². The lowest BCUT2D eigenvalue weighted by molar-refractivity contribution is -0.152. The predicted octanol–water partition coefficient (Wildman–Crippen LogP) is 1.98. The number of barbiturate groups is 1. The summed E-state index contributed by atoms with van der Waals surface area (Å²) < 4.78 is 5.26. The molecule has 1 aliphatic heterocycles. The van der Waals surface area contributed by atoms with Crippen LogP contribution in [0.25, 0.3) is 0 Å². The highest BCUT2D eigenvalue weighted by atomic mass is 16.3. The first kappa shape index (κ1) is 12.9. The fourth-order valence-corrected chi connectivity index (χ4v) is 3.12. The molecule has 1 unspecified atom stereocenters. The SMILES string of the molecule is CC(c1ccco1)N1C(=O)NC(=O)C2(CCCC2)C1=O. The van der Waals surface area contributed by atoms with Gasteiger partial charge in [0.25, 0.3) is 0 Å². The maximum Gasteiger partial charge on any atom is 0.331 e. The van der Waals surface area contributed by atoms with E-state index in [0.717, 1.165) is 17.7 Å². The summed E-state index contributed by atoms with van der Waals surface area (Å²) >= 11 is 0. The maximum absolute atomic E-state index is 12.7. The van der Waals surface area contributed by atoms with E-state index in [0.29, 0.717) is 18.6 Å². The summed E-state index contributed by atoms with van der Waals surface area (Å²) in [7, 11) is 0. The Kier molecular flexibility index (Phi) is 2.88. The summed E-state index contributed by atoms with van der Waals surface area (Å²) in [6.07, 6.45) is 4.17. The van der Waals surface area contributed by atoms with Crippen LogP contribution in [-0.2, 0) is 9.59 Å². The molecule has 2 fully saturated rings. The average Bonchev–Trinajstić information content (AvgIpc) is 3.09. The van der Waals surface area contributed by atoms with Crippen molar-refractivity contribution in [2.75, 3.05) is 0 Å². The zero-order valence-corrected chi connectivity index (χ0v) is 11.2. The third kappa shape index (κ3) is 1.67. The molecule has 6 nitrogen and oxygen atoms in total. The quantitative estimate of drug-likeness (QED) is 0.838. The van der Waals surface area contributed by atoms with Gasteiger partial charge in [0, 0.05) is 0 Å². The molecule has 20 heavy (non-hydrogen) atoms.